The summed E-state index contributed by atoms with van der Waals surface area (Å²) in [6, 6.07) is 0. The van der Waals surface area contributed by atoms with E-state index >= 15 is 0 Å². The Morgan fingerprint density at radius 1 is 0.398 bits per heavy atom. The zero-order valence-electron chi connectivity index (χ0n) is 53.0. The zero-order chi connectivity index (χ0) is 61.1. The van der Waals surface area contributed by atoms with Crippen molar-refractivity contribution in [2.24, 2.45) is 11.8 Å². The summed E-state index contributed by atoms with van der Waals surface area (Å²) >= 11 is 0. The summed E-state index contributed by atoms with van der Waals surface area (Å²) in [6.07, 6.45) is 15.8. The van der Waals surface area contributed by atoms with Crippen LogP contribution in [0.3, 0.4) is 0 Å². The Bertz CT molecular complexity index is 1510. The van der Waals surface area contributed by atoms with Crippen molar-refractivity contribution in [3.63, 3.8) is 0 Å². The third-order valence-electron chi connectivity index (χ3n) is 15.6. The van der Waals surface area contributed by atoms with Crippen LogP contribution in [0.2, 0.25) is 0 Å². The second kappa shape index (κ2) is 53.9. The lowest BCUT2D eigenvalue weighted by Gasteiger charge is -2.34. The summed E-state index contributed by atoms with van der Waals surface area (Å²) < 4.78 is 27.1. The van der Waals surface area contributed by atoms with Crippen molar-refractivity contribution in [2.45, 2.75) is 239 Å². The molecule has 0 aromatic rings. The highest BCUT2D eigenvalue weighted by Crippen LogP contribution is 2.23. The molecule has 0 bridgehead atoms. The molecule has 0 amide bonds. The molecule has 0 aromatic heterocycles. The normalized spacial score (nSPS) is 14.8. The smallest absolute Gasteiger partial charge is 0.305 e. The van der Waals surface area contributed by atoms with Gasteiger partial charge in [0.15, 0.2) is 0 Å². The number of ether oxygens (including phenoxy) is 5. The minimum Gasteiger partial charge on any atom is -0.466 e. The SMILES string of the molecule is CCCCOC(=O)CCCCC(O)CN(CCCC(=O)OCCN1CCN(CCSSCCCN(CC(O)CCCCC(=O)OCC(CC)CC)CC(O)CCCCC(=O)OCC(CC)CC)CC1)CC(O)CCCCC(=O)OCCCC. The number of hydrogen-bond donors (Lipinski definition) is 4. The van der Waals surface area contributed by atoms with Crippen molar-refractivity contribution in [1.29, 1.82) is 0 Å². The van der Waals surface area contributed by atoms with Gasteiger partial charge in [0.2, 0.25) is 0 Å². The van der Waals surface area contributed by atoms with Gasteiger partial charge in [0.1, 0.15) is 6.61 Å². The van der Waals surface area contributed by atoms with Crippen molar-refractivity contribution < 1.29 is 68.1 Å². The van der Waals surface area contributed by atoms with Gasteiger partial charge in [-0.25, -0.2) is 0 Å². The minimum atomic E-state index is -0.648. The van der Waals surface area contributed by atoms with Crippen LogP contribution in [0.5, 0.6) is 0 Å². The van der Waals surface area contributed by atoms with Gasteiger partial charge in [0, 0.05) is 109 Å². The maximum atomic E-state index is 12.8. The molecule has 1 rings (SSSR count). The lowest BCUT2D eigenvalue weighted by Crippen LogP contribution is -2.47. The van der Waals surface area contributed by atoms with Crippen molar-refractivity contribution >= 4 is 51.4 Å². The van der Waals surface area contributed by atoms with E-state index in [0.29, 0.717) is 180 Å². The molecule has 18 nitrogen and oxygen atoms in total. The van der Waals surface area contributed by atoms with E-state index in [2.05, 4.69) is 42.4 Å². The van der Waals surface area contributed by atoms with Gasteiger partial charge < -0.3 is 44.1 Å². The molecule has 1 saturated heterocycles. The molecule has 0 spiro atoms. The summed E-state index contributed by atoms with van der Waals surface area (Å²) in [5.41, 5.74) is 0. The molecule has 0 radical (unpaired) electrons. The van der Waals surface area contributed by atoms with Crippen LogP contribution in [-0.2, 0) is 47.7 Å². The Kier molecular flexibility index (Phi) is 51.2. The Hall–Kier alpha value is -2.27. The van der Waals surface area contributed by atoms with Crippen molar-refractivity contribution in [3.8, 4) is 0 Å². The van der Waals surface area contributed by atoms with Gasteiger partial charge in [-0.2, -0.15) is 0 Å². The predicted molar refractivity (Wildman–Crippen MR) is 335 cm³/mol. The van der Waals surface area contributed by atoms with Crippen molar-refractivity contribution in [2.75, 3.05) is 123 Å². The first kappa shape index (κ1) is 78.7. The van der Waals surface area contributed by atoms with Gasteiger partial charge in [-0.05, 0) is 102 Å². The molecular weight excluding hydrogens is 1100 g/mol. The van der Waals surface area contributed by atoms with Gasteiger partial charge in [0.05, 0.1) is 50.8 Å². The summed E-state index contributed by atoms with van der Waals surface area (Å²) in [7, 11) is 3.73. The molecule has 4 unspecified atom stereocenters. The molecule has 0 aliphatic carbocycles. The van der Waals surface area contributed by atoms with E-state index in [1.165, 1.54) is 0 Å². The maximum absolute atomic E-state index is 12.8. The molecule has 1 heterocycles. The zero-order valence-corrected chi connectivity index (χ0v) is 54.6. The molecule has 4 atom stereocenters. The first-order chi connectivity index (χ1) is 40.1. The first-order valence-electron chi connectivity index (χ1n) is 32.8. The number of unbranched alkanes of at least 4 members (excludes halogenated alkanes) is 6. The fraction of sp³-hybridized carbons (Fsp3) is 0.921. The van der Waals surface area contributed by atoms with Gasteiger partial charge >= 0.3 is 29.8 Å². The van der Waals surface area contributed by atoms with Crippen LogP contribution in [0.15, 0.2) is 0 Å². The first-order valence-corrected chi connectivity index (χ1v) is 35.3. The van der Waals surface area contributed by atoms with Crippen LogP contribution in [0, 0.1) is 11.8 Å². The Balaban J connectivity index is 2.48. The third-order valence-corrected chi connectivity index (χ3v) is 18.1. The topological polar surface area (TPSA) is 225 Å². The highest BCUT2D eigenvalue weighted by molar-refractivity contribution is 8.76. The van der Waals surface area contributed by atoms with E-state index in [0.717, 1.165) is 121 Å². The van der Waals surface area contributed by atoms with E-state index in [1.807, 2.05) is 40.3 Å². The number of nitrogens with zero attached hydrogens (tertiary/aromatic N) is 4. The Labute approximate surface area is 511 Å². The van der Waals surface area contributed by atoms with E-state index in [-0.39, 0.29) is 36.3 Å². The molecule has 20 heteroatoms. The van der Waals surface area contributed by atoms with Crippen LogP contribution in [0.4, 0.5) is 0 Å². The van der Waals surface area contributed by atoms with Crippen molar-refractivity contribution in [1.82, 2.24) is 19.6 Å². The molecular formula is C63H120N4O14S2. The molecule has 1 aliphatic rings. The average molecular weight is 1220 g/mol. The summed E-state index contributed by atoms with van der Waals surface area (Å²) in [5, 5.41) is 43.9. The van der Waals surface area contributed by atoms with Crippen LogP contribution in [0.25, 0.3) is 0 Å². The highest BCUT2D eigenvalue weighted by Gasteiger charge is 2.21. The second-order valence-electron chi connectivity index (χ2n) is 23.0. The maximum Gasteiger partial charge on any atom is 0.305 e. The lowest BCUT2D eigenvalue weighted by molar-refractivity contribution is -0.146. The fourth-order valence-corrected chi connectivity index (χ4v) is 11.9. The molecule has 1 fully saturated rings. The average Bonchev–Trinajstić information content (AvgIpc) is 3.48. The Morgan fingerprint density at radius 3 is 1.10 bits per heavy atom. The quantitative estimate of drug-likeness (QED) is 0.0192. The minimum absolute atomic E-state index is 0.174. The molecule has 0 saturated carbocycles. The number of esters is 5. The van der Waals surface area contributed by atoms with E-state index in [4.69, 9.17) is 23.7 Å². The molecule has 83 heavy (non-hydrogen) atoms. The van der Waals surface area contributed by atoms with Crippen LogP contribution < -0.4 is 0 Å². The number of piperazine rings is 1. The van der Waals surface area contributed by atoms with Crippen LogP contribution >= 0.6 is 21.6 Å². The number of rotatable bonds is 57. The van der Waals surface area contributed by atoms with Crippen LogP contribution in [-0.4, -0.2) is 217 Å². The van der Waals surface area contributed by atoms with E-state index < -0.39 is 24.4 Å². The number of carbonyl (C=O) groups excluding carboxylic acids is 5. The number of hydrogen-bond acceptors (Lipinski definition) is 20. The van der Waals surface area contributed by atoms with Gasteiger partial charge in [-0.3, -0.25) is 43.6 Å². The number of aliphatic hydroxyl groups excluding tert-OH is 4. The molecule has 1 aliphatic heterocycles. The monoisotopic (exact) mass is 1220 g/mol. The van der Waals surface area contributed by atoms with Gasteiger partial charge in [-0.1, -0.05) is 127 Å². The predicted octanol–water partition coefficient (Wildman–Crippen LogP) is 9.63. The van der Waals surface area contributed by atoms with Crippen LogP contribution in [0.1, 0.15) is 215 Å². The standard InChI is InChI=1S/C63H120N4O14S2/c1-7-13-42-77-59(72)29-19-15-25-55(68)47-66(48-56(69)26-16-20-30-60(73)78-43-14-8-2)34-23-33-61(74)79-44-40-64-36-38-65(39-37-64)41-46-83-82-45-24-35-67(49-57(70)27-17-21-31-62(75)80-51-53(9-3)10-4)50-58(71)28-18-22-32-63(76)81-52-54(11-5)12-6/h53-58,68-71H,7-52H2,1-6H3. The largest absolute Gasteiger partial charge is 0.466 e. The number of aliphatic hydroxyl groups is 4. The van der Waals surface area contributed by atoms with Gasteiger partial charge in [-0.15, -0.1) is 0 Å². The van der Waals surface area contributed by atoms with Crippen molar-refractivity contribution in [3.05, 3.63) is 0 Å². The fourth-order valence-electron chi connectivity index (χ4n) is 9.76. The molecule has 0 aromatic carbocycles. The summed E-state index contributed by atoms with van der Waals surface area (Å²) in [5.74, 6) is 1.72. The number of carbonyl (C=O) groups is 5. The van der Waals surface area contributed by atoms with E-state index in [9.17, 15) is 44.4 Å². The molecule has 488 valence electrons. The third kappa shape index (κ3) is 46.5. The Morgan fingerprint density at radius 2 is 0.723 bits per heavy atom. The van der Waals surface area contributed by atoms with Gasteiger partial charge in [0.25, 0.3) is 0 Å². The van der Waals surface area contributed by atoms with E-state index in [1.54, 1.807) is 0 Å². The lowest BCUT2D eigenvalue weighted by atomic mass is 10.1. The highest BCUT2D eigenvalue weighted by atomic mass is 33.1. The molecule has 4 N–H and O–H groups in total. The summed E-state index contributed by atoms with van der Waals surface area (Å²) in [6.45, 7) is 22.9. The second-order valence-corrected chi connectivity index (χ2v) is 25.7. The summed E-state index contributed by atoms with van der Waals surface area (Å²) in [4.78, 5) is 70.4.